The highest BCUT2D eigenvalue weighted by Gasteiger charge is 2.20. The predicted octanol–water partition coefficient (Wildman–Crippen LogP) is 1.28. The molecule has 114 valence electrons. The molecule has 0 bridgehead atoms. The second-order valence-electron chi connectivity index (χ2n) is 4.56. The summed E-state index contributed by atoms with van der Waals surface area (Å²) in [6, 6.07) is 7.09. The fourth-order valence-corrected chi connectivity index (χ4v) is 3.63. The van der Waals surface area contributed by atoms with Gasteiger partial charge in [0.1, 0.15) is 0 Å². The number of benzene rings is 1. The summed E-state index contributed by atoms with van der Waals surface area (Å²) in [7, 11) is -1.63. The molecule has 2 N–H and O–H groups in total. The van der Waals surface area contributed by atoms with Crippen molar-refractivity contribution in [3.63, 3.8) is 0 Å². The molecular formula is C14H24N2O3S. The molecule has 1 aromatic rings. The van der Waals surface area contributed by atoms with Crippen LogP contribution < -0.4 is 10.6 Å². The maximum absolute atomic E-state index is 12.3. The standard InChI is InChI=1S/C14H24N2O3S/c1-3-12-20(17,18)14-7-5-4-6-13(14)16(9-8-15)10-11-19-2/h4-7H,3,8-12,15H2,1-2H3. The zero-order chi connectivity index (χ0) is 15.0. The molecule has 0 heterocycles. The first-order chi connectivity index (χ1) is 9.56. The van der Waals surface area contributed by atoms with Crippen LogP contribution in [0.5, 0.6) is 0 Å². The van der Waals surface area contributed by atoms with Gasteiger partial charge in [0.25, 0.3) is 0 Å². The molecule has 0 amide bonds. The first-order valence-corrected chi connectivity index (χ1v) is 8.47. The SMILES string of the molecule is CCCS(=O)(=O)c1ccccc1N(CCN)CCOC. The molecule has 0 atom stereocenters. The van der Waals surface area contributed by atoms with Gasteiger partial charge in [-0.2, -0.15) is 0 Å². The fraction of sp³-hybridized carbons (Fsp3) is 0.571. The smallest absolute Gasteiger partial charge is 0.180 e. The average molecular weight is 300 g/mol. The van der Waals surface area contributed by atoms with Crippen LogP contribution in [0.3, 0.4) is 0 Å². The minimum absolute atomic E-state index is 0.157. The van der Waals surface area contributed by atoms with Gasteiger partial charge in [-0.15, -0.1) is 0 Å². The quantitative estimate of drug-likeness (QED) is 0.744. The Morgan fingerprint density at radius 1 is 1.25 bits per heavy atom. The molecule has 0 unspecified atom stereocenters. The van der Waals surface area contributed by atoms with E-state index in [1.807, 2.05) is 24.0 Å². The third-order valence-corrected chi connectivity index (χ3v) is 4.94. The Hall–Kier alpha value is -1.11. The Bertz CT molecular complexity index is 503. The lowest BCUT2D eigenvalue weighted by Gasteiger charge is -2.26. The van der Waals surface area contributed by atoms with Crippen LogP contribution in [0.15, 0.2) is 29.2 Å². The van der Waals surface area contributed by atoms with Gasteiger partial charge in [0.05, 0.1) is 22.9 Å². The number of rotatable bonds is 9. The highest BCUT2D eigenvalue weighted by Crippen LogP contribution is 2.26. The molecule has 0 aromatic heterocycles. The first kappa shape index (κ1) is 16.9. The van der Waals surface area contributed by atoms with E-state index in [-0.39, 0.29) is 5.75 Å². The van der Waals surface area contributed by atoms with Crippen LogP contribution in [-0.2, 0) is 14.6 Å². The van der Waals surface area contributed by atoms with E-state index in [1.165, 1.54) is 0 Å². The number of nitrogens with two attached hydrogens (primary N) is 1. The highest BCUT2D eigenvalue weighted by molar-refractivity contribution is 7.91. The lowest BCUT2D eigenvalue weighted by Crippen LogP contribution is -2.33. The maximum atomic E-state index is 12.3. The maximum Gasteiger partial charge on any atom is 0.180 e. The lowest BCUT2D eigenvalue weighted by atomic mass is 10.3. The molecule has 6 heteroatoms. The van der Waals surface area contributed by atoms with E-state index in [0.29, 0.717) is 43.2 Å². The second kappa shape index (κ2) is 8.24. The number of anilines is 1. The first-order valence-electron chi connectivity index (χ1n) is 6.82. The third kappa shape index (κ3) is 4.47. The molecular weight excluding hydrogens is 276 g/mol. The van der Waals surface area contributed by atoms with Crippen LogP contribution in [0.25, 0.3) is 0 Å². The van der Waals surface area contributed by atoms with E-state index in [9.17, 15) is 8.42 Å². The van der Waals surface area contributed by atoms with Gasteiger partial charge in [0.2, 0.25) is 0 Å². The topological polar surface area (TPSA) is 72.6 Å². The van der Waals surface area contributed by atoms with Crippen molar-refractivity contribution in [3.8, 4) is 0 Å². The lowest BCUT2D eigenvalue weighted by molar-refractivity contribution is 0.205. The summed E-state index contributed by atoms with van der Waals surface area (Å²) in [6.45, 7) is 4.07. The zero-order valence-electron chi connectivity index (χ0n) is 12.2. The van der Waals surface area contributed by atoms with Gasteiger partial charge in [-0.25, -0.2) is 8.42 Å². The van der Waals surface area contributed by atoms with Crippen molar-refractivity contribution in [2.45, 2.75) is 18.2 Å². The molecule has 0 spiro atoms. The molecule has 0 aliphatic carbocycles. The summed E-state index contributed by atoms with van der Waals surface area (Å²) in [5.41, 5.74) is 6.34. The van der Waals surface area contributed by atoms with Crippen LogP contribution in [0.2, 0.25) is 0 Å². The Morgan fingerprint density at radius 2 is 1.95 bits per heavy atom. The number of methoxy groups -OCH3 is 1. The van der Waals surface area contributed by atoms with Gasteiger partial charge in [0.15, 0.2) is 9.84 Å². The molecule has 1 aromatic carbocycles. The molecule has 0 radical (unpaired) electrons. The van der Waals surface area contributed by atoms with Crippen LogP contribution in [0.1, 0.15) is 13.3 Å². The number of ether oxygens (including phenoxy) is 1. The summed E-state index contributed by atoms with van der Waals surface area (Å²) in [4.78, 5) is 2.35. The fourth-order valence-electron chi connectivity index (χ4n) is 2.07. The molecule has 20 heavy (non-hydrogen) atoms. The van der Waals surface area contributed by atoms with E-state index in [4.69, 9.17) is 10.5 Å². The van der Waals surface area contributed by atoms with E-state index in [2.05, 4.69) is 0 Å². The number of para-hydroxylation sites is 1. The van der Waals surface area contributed by atoms with E-state index < -0.39 is 9.84 Å². The zero-order valence-corrected chi connectivity index (χ0v) is 13.0. The minimum Gasteiger partial charge on any atom is -0.383 e. The molecule has 0 saturated heterocycles. The Balaban J connectivity index is 3.15. The summed E-state index contributed by atoms with van der Waals surface area (Å²) < 4.78 is 29.8. The van der Waals surface area contributed by atoms with Crippen LogP contribution in [0, 0.1) is 0 Å². The van der Waals surface area contributed by atoms with Crippen molar-refractivity contribution >= 4 is 15.5 Å². The summed E-state index contributed by atoms with van der Waals surface area (Å²) in [6.07, 6.45) is 0.603. The second-order valence-corrected chi connectivity index (χ2v) is 6.63. The number of sulfone groups is 1. The summed E-state index contributed by atoms with van der Waals surface area (Å²) in [5.74, 6) is 0.157. The molecule has 0 saturated carbocycles. The molecule has 0 aliphatic rings. The Labute approximate surface area is 121 Å². The average Bonchev–Trinajstić information content (AvgIpc) is 2.43. The molecule has 0 aliphatic heterocycles. The van der Waals surface area contributed by atoms with Crippen molar-refractivity contribution in [1.29, 1.82) is 0 Å². The van der Waals surface area contributed by atoms with Crippen LogP contribution >= 0.6 is 0 Å². The van der Waals surface area contributed by atoms with Gasteiger partial charge >= 0.3 is 0 Å². The predicted molar refractivity (Wildman–Crippen MR) is 81.9 cm³/mol. The third-order valence-electron chi connectivity index (χ3n) is 2.98. The van der Waals surface area contributed by atoms with Gasteiger partial charge in [-0.05, 0) is 18.6 Å². The van der Waals surface area contributed by atoms with Gasteiger partial charge in [-0.3, -0.25) is 0 Å². The number of nitrogens with zero attached hydrogens (tertiary/aromatic N) is 1. The van der Waals surface area contributed by atoms with Gasteiger partial charge in [0, 0.05) is 26.7 Å². The van der Waals surface area contributed by atoms with Crippen molar-refractivity contribution in [2.75, 3.05) is 44.0 Å². The van der Waals surface area contributed by atoms with E-state index >= 15 is 0 Å². The largest absolute Gasteiger partial charge is 0.383 e. The Kier molecular flexibility index (Phi) is 6.98. The van der Waals surface area contributed by atoms with Crippen molar-refractivity contribution in [2.24, 2.45) is 5.73 Å². The van der Waals surface area contributed by atoms with Crippen molar-refractivity contribution < 1.29 is 13.2 Å². The van der Waals surface area contributed by atoms with E-state index in [0.717, 1.165) is 0 Å². The van der Waals surface area contributed by atoms with Gasteiger partial charge in [-0.1, -0.05) is 19.1 Å². The monoisotopic (exact) mass is 300 g/mol. The summed E-state index contributed by atoms with van der Waals surface area (Å²) in [5, 5.41) is 0. The normalized spacial score (nSPS) is 11.6. The number of hydrogen-bond donors (Lipinski definition) is 1. The summed E-state index contributed by atoms with van der Waals surface area (Å²) >= 11 is 0. The van der Waals surface area contributed by atoms with Gasteiger partial charge < -0.3 is 15.4 Å². The number of hydrogen-bond acceptors (Lipinski definition) is 5. The molecule has 0 fully saturated rings. The highest BCUT2D eigenvalue weighted by atomic mass is 32.2. The molecule has 1 rings (SSSR count). The van der Waals surface area contributed by atoms with Crippen molar-refractivity contribution in [1.82, 2.24) is 0 Å². The molecule has 5 nitrogen and oxygen atoms in total. The van der Waals surface area contributed by atoms with E-state index in [1.54, 1.807) is 19.2 Å². The minimum atomic E-state index is -3.25. The Morgan fingerprint density at radius 3 is 2.55 bits per heavy atom. The van der Waals surface area contributed by atoms with Crippen LogP contribution in [-0.4, -0.2) is 47.5 Å². The van der Waals surface area contributed by atoms with Crippen LogP contribution in [0.4, 0.5) is 5.69 Å². The van der Waals surface area contributed by atoms with Crippen molar-refractivity contribution in [3.05, 3.63) is 24.3 Å².